The van der Waals surface area contributed by atoms with Crippen LogP contribution in [0.2, 0.25) is 0 Å². The minimum atomic E-state index is -0.0112. The van der Waals surface area contributed by atoms with Crippen molar-refractivity contribution < 1.29 is 14.3 Å². The zero-order valence-corrected chi connectivity index (χ0v) is 14.6. The van der Waals surface area contributed by atoms with Crippen LogP contribution in [0, 0.1) is 5.92 Å². The molecule has 0 spiro atoms. The first kappa shape index (κ1) is 15.7. The molecule has 0 N–H and O–H groups in total. The summed E-state index contributed by atoms with van der Waals surface area (Å²) in [6.07, 6.45) is 7.42. The van der Waals surface area contributed by atoms with Crippen molar-refractivity contribution in [3.63, 3.8) is 0 Å². The highest BCUT2D eigenvalue weighted by Crippen LogP contribution is 2.36. The molecule has 1 aromatic heterocycles. The molecule has 26 heavy (non-hydrogen) atoms. The Labute approximate surface area is 151 Å². The van der Waals surface area contributed by atoms with Gasteiger partial charge in [0.1, 0.15) is 6.33 Å². The lowest BCUT2D eigenvalue weighted by atomic mass is 9.99. The molecule has 0 unspecified atom stereocenters. The first-order chi connectivity index (χ1) is 12.8. The number of rotatable bonds is 4. The van der Waals surface area contributed by atoms with Gasteiger partial charge in [-0.25, -0.2) is 0 Å². The third-order valence-corrected chi connectivity index (χ3v) is 5.48. The average Bonchev–Trinajstić information content (AvgIpc) is 3.17. The maximum Gasteiger partial charge on any atom is 0.254 e. The van der Waals surface area contributed by atoms with Crippen LogP contribution in [-0.4, -0.2) is 38.9 Å². The molecule has 2 aliphatic heterocycles. The molecule has 3 aliphatic rings. The number of aromatic nitrogens is 3. The number of carbonyl (C=O) groups is 1. The minimum Gasteiger partial charge on any atom is -0.454 e. The Morgan fingerprint density at radius 2 is 2.04 bits per heavy atom. The van der Waals surface area contributed by atoms with Gasteiger partial charge >= 0.3 is 0 Å². The van der Waals surface area contributed by atoms with E-state index in [4.69, 9.17) is 9.47 Å². The molecule has 3 heterocycles. The molecule has 136 valence electrons. The Bertz CT molecular complexity index is 830. The molecule has 5 rings (SSSR count). The van der Waals surface area contributed by atoms with Crippen molar-refractivity contribution in [2.75, 3.05) is 13.3 Å². The topological polar surface area (TPSA) is 69.5 Å². The molecule has 0 radical (unpaired) electrons. The van der Waals surface area contributed by atoms with E-state index in [9.17, 15) is 4.79 Å². The second-order valence-electron chi connectivity index (χ2n) is 7.36. The van der Waals surface area contributed by atoms with E-state index in [1.54, 1.807) is 6.07 Å². The van der Waals surface area contributed by atoms with Gasteiger partial charge < -0.3 is 18.9 Å². The Kier molecular flexibility index (Phi) is 3.80. The highest BCUT2D eigenvalue weighted by atomic mass is 16.7. The summed E-state index contributed by atoms with van der Waals surface area (Å²) in [6, 6.07) is 5.40. The van der Waals surface area contributed by atoms with Crippen molar-refractivity contribution in [3.8, 4) is 11.5 Å². The molecule has 0 bridgehead atoms. The number of nitrogens with zero attached hydrogens (tertiary/aromatic N) is 4. The number of ether oxygens (including phenoxy) is 2. The monoisotopic (exact) mass is 354 g/mol. The first-order valence-electron chi connectivity index (χ1n) is 9.38. The second kappa shape index (κ2) is 6.30. The second-order valence-corrected chi connectivity index (χ2v) is 7.36. The van der Waals surface area contributed by atoms with E-state index in [-0.39, 0.29) is 18.7 Å². The Hall–Kier alpha value is -2.57. The van der Waals surface area contributed by atoms with Crippen LogP contribution in [0.25, 0.3) is 0 Å². The van der Waals surface area contributed by atoms with E-state index < -0.39 is 0 Å². The van der Waals surface area contributed by atoms with Gasteiger partial charge in [-0.1, -0.05) is 0 Å². The maximum absolute atomic E-state index is 13.2. The van der Waals surface area contributed by atoms with Gasteiger partial charge in [-0.2, -0.15) is 0 Å². The fraction of sp³-hybridized carbons (Fsp3) is 0.526. The Balaban J connectivity index is 1.42. The van der Waals surface area contributed by atoms with Crippen LogP contribution in [0.1, 0.15) is 54.3 Å². The van der Waals surface area contributed by atoms with Gasteiger partial charge in [0.2, 0.25) is 6.79 Å². The number of fused-ring (bicyclic) bond motifs is 1. The van der Waals surface area contributed by atoms with E-state index in [0.717, 1.165) is 44.1 Å². The van der Waals surface area contributed by atoms with Gasteiger partial charge in [-0.15, -0.1) is 10.2 Å². The molecular formula is C19H22N4O3. The van der Waals surface area contributed by atoms with Gasteiger partial charge in [-0.3, -0.25) is 4.79 Å². The van der Waals surface area contributed by atoms with Gasteiger partial charge in [0, 0.05) is 18.7 Å². The van der Waals surface area contributed by atoms with Crippen molar-refractivity contribution in [1.82, 2.24) is 19.7 Å². The summed E-state index contributed by atoms with van der Waals surface area (Å²) in [5, 5.41) is 8.51. The maximum atomic E-state index is 13.2. The van der Waals surface area contributed by atoms with Gasteiger partial charge in [0.15, 0.2) is 17.3 Å². The first-order valence-corrected chi connectivity index (χ1v) is 9.38. The van der Waals surface area contributed by atoms with Crippen molar-refractivity contribution in [3.05, 3.63) is 35.9 Å². The molecule has 2 fully saturated rings. The van der Waals surface area contributed by atoms with Crippen LogP contribution in [-0.2, 0) is 6.54 Å². The molecule has 1 aromatic carbocycles. The number of amides is 1. The Morgan fingerprint density at radius 3 is 2.92 bits per heavy atom. The number of piperidine rings is 1. The van der Waals surface area contributed by atoms with Crippen molar-refractivity contribution >= 4 is 5.91 Å². The third-order valence-electron chi connectivity index (χ3n) is 5.48. The molecule has 2 aromatic rings. The average molecular weight is 354 g/mol. The fourth-order valence-corrected chi connectivity index (χ4v) is 3.88. The highest BCUT2D eigenvalue weighted by molar-refractivity contribution is 5.95. The molecular weight excluding hydrogens is 332 g/mol. The SMILES string of the molecule is O=C(c1ccc2c(c1)OCO2)N1CCCC[C@H]1c1nncn1CC1CC1. The summed E-state index contributed by atoms with van der Waals surface area (Å²) < 4.78 is 12.9. The highest BCUT2D eigenvalue weighted by Gasteiger charge is 2.33. The minimum absolute atomic E-state index is 0.0112. The van der Waals surface area contributed by atoms with E-state index >= 15 is 0 Å². The number of likely N-dealkylation sites (tertiary alicyclic amines) is 1. The van der Waals surface area contributed by atoms with Crippen molar-refractivity contribution in [2.45, 2.75) is 44.7 Å². The van der Waals surface area contributed by atoms with Gasteiger partial charge in [-0.05, 0) is 56.2 Å². The van der Waals surface area contributed by atoms with Crippen LogP contribution >= 0.6 is 0 Å². The number of hydrogen-bond acceptors (Lipinski definition) is 5. The summed E-state index contributed by atoms with van der Waals surface area (Å²) >= 11 is 0. The third kappa shape index (κ3) is 2.81. The molecule has 1 aliphatic carbocycles. The van der Waals surface area contributed by atoms with E-state index in [2.05, 4.69) is 14.8 Å². The van der Waals surface area contributed by atoms with Crippen LogP contribution in [0.5, 0.6) is 11.5 Å². The Morgan fingerprint density at radius 1 is 1.15 bits per heavy atom. The summed E-state index contributed by atoms with van der Waals surface area (Å²) in [4.78, 5) is 15.2. The van der Waals surface area contributed by atoms with Crippen molar-refractivity contribution in [1.29, 1.82) is 0 Å². The molecule has 7 nitrogen and oxygen atoms in total. The lowest BCUT2D eigenvalue weighted by Crippen LogP contribution is -2.39. The summed E-state index contributed by atoms with van der Waals surface area (Å²) in [7, 11) is 0. The quantitative estimate of drug-likeness (QED) is 0.844. The molecule has 7 heteroatoms. The van der Waals surface area contributed by atoms with Crippen LogP contribution in [0.4, 0.5) is 0 Å². The van der Waals surface area contributed by atoms with E-state index in [1.807, 2.05) is 23.4 Å². The summed E-state index contributed by atoms with van der Waals surface area (Å²) in [5.74, 6) is 3.02. The molecule has 1 saturated carbocycles. The largest absolute Gasteiger partial charge is 0.454 e. The number of hydrogen-bond donors (Lipinski definition) is 0. The predicted molar refractivity (Wildman–Crippen MR) is 92.9 cm³/mol. The van der Waals surface area contributed by atoms with Crippen LogP contribution in [0.3, 0.4) is 0 Å². The lowest BCUT2D eigenvalue weighted by molar-refractivity contribution is 0.0593. The summed E-state index contributed by atoms with van der Waals surface area (Å²) in [5.41, 5.74) is 0.634. The standard InChI is InChI=1S/C19H22N4O3/c24-19(14-6-7-16-17(9-14)26-12-25-16)23-8-2-1-3-15(23)18-21-20-11-22(18)10-13-4-5-13/h6-7,9,11,13,15H,1-5,8,10,12H2/t15-/m0/s1. The van der Waals surface area contributed by atoms with Crippen LogP contribution < -0.4 is 9.47 Å². The smallest absolute Gasteiger partial charge is 0.254 e. The van der Waals surface area contributed by atoms with Gasteiger partial charge in [0.25, 0.3) is 5.91 Å². The molecule has 1 amide bonds. The zero-order valence-electron chi connectivity index (χ0n) is 14.6. The summed E-state index contributed by atoms with van der Waals surface area (Å²) in [6.45, 7) is 1.92. The normalized spacial score (nSPS) is 21.8. The molecule has 1 atom stereocenters. The predicted octanol–water partition coefficient (Wildman–Crippen LogP) is 2.78. The van der Waals surface area contributed by atoms with E-state index in [0.29, 0.717) is 17.1 Å². The van der Waals surface area contributed by atoms with E-state index in [1.165, 1.54) is 12.8 Å². The lowest BCUT2D eigenvalue weighted by Gasteiger charge is -2.35. The molecule has 1 saturated heterocycles. The fourth-order valence-electron chi connectivity index (χ4n) is 3.88. The zero-order chi connectivity index (χ0) is 17.5. The van der Waals surface area contributed by atoms with Gasteiger partial charge in [0.05, 0.1) is 6.04 Å². The number of benzene rings is 1. The number of carbonyl (C=O) groups excluding carboxylic acids is 1. The van der Waals surface area contributed by atoms with Crippen molar-refractivity contribution in [2.24, 2.45) is 5.92 Å². The van der Waals surface area contributed by atoms with Crippen LogP contribution in [0.15, 0.2) is 24.5 Å².